The molecule has 2 aliphatic rings. The molecule has 2 unspecified atom stereocenters. The molecule has 2 aliphatic heterocycles. The summed E-state index contributed by atoms with van der Waals surface area (Å²) in [6.45, 7) is 8.06. The number of hydrogen-bond acceptors (Lipinski definition) is 3. The maximum Gasteiger partial charge on any atom is 0.303 e. The molecule has 4 nitrogen and oxygen atoms in total. The van der Waals surface area contributed by atoms with Crippen molar-refractivity contribution in [1.82, 2.24) is 9.80 Å². The first kappa shape index (κ1) is 14.8. The van der Waals surface area contributed by atoms with E-state index in [0.29, 0.717) is 24.5 Å². The van der Waals surface area contributed by atoms with Crippen molar-refractivity contribution in [2.45, 2.75) is 70.5 Å². The van der Waals surface area contributed by atoms with E-state index in [0.717, 1.165) is 6.42 Å². The van der Waals surface area contributed by atoms with E-state index in [4.69, 9.17) is 5.11 Å². The van der Waals surface area contributed by atoms with Gasteiger partial charge in [-0.25, -0.2) is 0 Å². The molecule has 0 spiro atoms. The minimum absolute atomic E-state index is 0.321. The third-order valence-electron chi connectivity index (χ3n) is 4.76. The highest BCUT2D eigenvalue weighted by molar-refractivity contribution is 5.66. The van der Waals surface area contributed by atoms with Gasteiger partial charge in [-0.05, 0) is 46.1 Å². The quantitative estimate of drug-likeness (QED) is 0.830. The van der Waals surface area contributed by atoms with Crippen molar-refractivity contribution in [3.05, 3.63) is 0 Å². The zero-order chi connectivity index (χ0) is 13.8. The molecule has 0 amide bonds. The van der Waals surface area contributed by atoms with Crippen LogP contribution in [0, 0.1) is 0 Å². The molecule has 19 heavy (non-hydrogen) atoms. The molecule has 2 atom stereocenters. The van der Waals surface area contributed by atoms with Crippen LogP contribution in [0.1, 0.15) is 52.4 Å². The SMILES string of the molecule is CC(C)N1CCC(N2CCCCC2CCC(=O)O)C1. The van der Waals surface area contributed by atoms with Crippen LogP contribution in [0.2, 0.25) is 0 Å². The Morgan fingerprint density at radius 1 is 1.26 bits per heavy atom. The van der Waals surface area contributed by atoms with Gasteiger partial charge in [-0.15, -0.1) is 0 Å². The lowest BCUT2D eigenvalue weighted by atomic mass is 9.95. The van der Waals surface area contributed by atoms with Crippen LogP contribution in [0.3, 0.4) is 0 Å². The number of carboxylic acid groups (broad SMARTS) is 1. The number of piperidine rings is 1. The Bertz CT molecular complexity index is 307. The highest BCUT2D eigenvalue weighted by Gasteiger charge is 2.34. The first-order valence-corrected chi connectivity index (χ1v) is 7.79. The fourth-order valence-corrected chi connectivity index (χ4v) is 3.61. The second-order valence-corrected chi connectivity index (χ2v) is 6.35. The maximum absolute atomic E-state index is 10.8. The summed E-state index contributed by atoms with van der Waals surface area (Å²) in [5, 5.41) is 8.88. The number of aliphatic carboxylic acids is 1. The van der Waals surface area contributed by atoms with Crippen molar-refractivity contribution in [1.29, 1.82) is 0 Å². The number of carbonyl (C=O) groups is 1. The Morgan fingerprint density at radius 3 is 2.68 bits per heavy atom. The largest absolute Gasteiger partial charge is 0.481 e. The average Bonchev–Trinajstić information content (AvgIpc) is 2.86. The van der Waals surface area contributed by atoms with Gasteiger partial charge in [0.05, 0.1) is 0 Å². The van der Waals surface area contributed by atoms with E-state index in [1.54, 1.807) is 0 Å². The van der Waals surface area contributed by atoms with Gasteiger partial charge in [0.15, 0.2) is 0 Å². The molecule has 2 saturated heterocycles. The third-order valence-corrected chi connectivity index (χ3v) is 4.76. The van der Waals surface area contributed by atoms with Gasteiger partial charge >= 0.3 is 5.97 Å². The minimum atomic E-state index is -0.652. The summed E-state index contributed by atoms with van der Waals surface area (Å²) in [6.07, 6.45) is 6.13. The van der Waals surface area contributed by atoms with Gasteiger partial charge in [0.1, 0.15) is 0 Å². The summed E-state index contributed by atoms with van der Waals surface area (Å²) in [7, 11) is 0. The number of carboxylic acids is 1. The molecule has 110 valence electrons. The molecule has 2 heterocycles. The topological polar surface area (TPSA) is 43.8 Å². The Labute approximate surface area is 116 Å². The Morgan fingerprint density at radius 2 is 2.05 bits per heavy atom. The predicted molar refractivity (Wildman–Crippen MR) is 76.3 cm³/mol. The highest BCUT2D eigenvalue weighted by Crippen LogP contribution is 2.27. The van der Waals surface area contributed by atoms with Gasteiger partial charge < -0.3 is 5.11 Å². The standard InChI is InChI=1S/C15H28N2O2/c1-12(2)16-10-8-14(11-16)17-9-4-3-5-13(17)6-7-15(18)19/h12-14H,3-11H2,1-2H3,(H,18,19). The van der Waals surface area contributed by atoms with Crippen molar-refractivity contribution < 1.29 is 9.90 Å². The van der Waals surface area contributed by atoms with Crippen LogP contribution in [0.5, 0.6) is 0 Å². The Kier molecular flexibility index (Phi) is 5.22. The van der Waals surface area contributed by atoms with Gasteiger partial charge in [0, 0.05) is 37.6 Å². The van der Waals surface area contributed by atoms with Crippen molar-refractivity contribution in [2.75, 3.05) is 19.6 Å². The molecule has 0 aromatic rings. The Balaban J connectivity index is 1.90. The molecule has 1 N–H and O–H groups in total. The fraction of sp³-hybridized carbons (Fsp3) is 0.933. The van der Waals surface area contributed by atoms with E-state index in [2.05, 4.69) is 23.6 Å². The molecule has 0 saturated carbocycles. The molecule has 2 fully saturated rings. The molecule has 0 aromatic carbocycles. The van der Waals surface area contributed by atoms with Gasteiger partial charge in [-0.3, -0.25) is 14.6 Å². The van der Waals surface area contributed by atoms with Crippen LogP contribution in [0.15, 0.2) is 0 Å². The molecular formula is C15H28N2O2. The van der Waals surface area contributed by atoms with Crippen LogP contribution in [0.4, 0.5) is 0 Å². The zero-order valence-corrected chi connectivity index (χ0v) is 12.3. The molecule has 0 aliphatic carbocycles. The minimum Gasteiger partial charge on any atom is -0.481 e. The van der Waals surface area contributed by atoms with E-state index in [1.165, 1.54) is 45.3 Å². The number of likely N-dealkylation sites (tertiary alicyclic amines) is 2. The van der Waals surface area contributed by atoms with Crippen LogP contribution >= 0.6 is 0 Å². The lowest BCUT2D eigenvalue weighted by Crippen LogP contribution is -2.48. The molecule has 0 bridgehead atoms. The average molecular weight is 268 g/mol. The second-order valence-electron chi connectivity index (χ2n) is 6.35. The normalized spacial score (nSPS) is 30.1. The molecule has 2 rings (SSSR count). The molecular weight excluding hydrogens is 240 g/mol. The van der Waals surface area contributed by atoms with Crippen LogP contribution < -0.4 is 0 Å². The zero-order valence-electron chi connectivity index (χ0n) is 12.3. The molecule has 4 heteroatoms. The summed E-state index contributed by atoms with van der Waals surface area (Å²) >= 11 is 0. The predicted octanol–water partition coefficient (Wildman–Crippen LogP) is 2.19. The smallest absolute Gasteiger partial charge is 0.303 e. The first-order chi connectivity index (χ1) is 9.08. The highest BCUT2D eigenvalue weighted by atomic mass is 16.4. The van der Waals surface area contributed by atoms with Crippen molar-refractivity contribution >= 4 is 5.97 Å². The monoisotopic (exact) mass is 268 g/mol. The number of rotatable bonds is 5. The van der Waals surface area contributed by atoms with Crippen molar-refractivity contribution in [3.8, 4) is 0 Å². The van der Waals surface area contributed by atoms with Crippen molar-refractivity contribution in [2.24, 2.45) is 0 Å². The summed E-state index contributed by atoms with van der Waals surface area (Å²) < 4.78 is 0. The lowest BCUT2D eigenvalue weighted by molar-refractivity contribution is -0.137. The molecule has 0 aromatic heterocycles. The van der Waals surface area contributed by atoms with Crippen LogP contribution in [-0.4, -0.2) is 58.6 Å². The van der Waals surface area contributed by atoms with Crippen LogP contribution in [-0.2, 0) is 4.79 Å². The second kappa shape index (κ2) is 6.71. The first-order valence-electron chi connectivity index (χ1n) is 7.79. The van der Waals surface area contributed by atoms with Crippen molar-refractivity contribution in [3.63, 3.8) is 0 Å². The van der Waals surface area contributed by atoms with Gasteiger partial charge in [0.2, 0.25) is 0 Å². The number of nitrogens with zero attached hydrogens (tertiary/aromatic N) is 2. The van der Waals surface area contributed by atoms with Crippen LogP contribution in [0.25, 0.3) is 0 Å². The third kappa shape index (κ3) is 3.93. The van der Waals surface area contributed by atoms with Gasteiger partial charge in [-0.2, -0.15) is 0 Å². The van der Waals surface area contributed by atoms with E-state index in [1.807, 2.05) is 0 Å². The van der Waals surface area contributed by atoms with E-state index in [9.17, 15) is 4.79 Å². The van der Waals surface area contributed by atoms with E-state index >= 15 is 0 Å². The van der Waals surface area contributed by atoms with E-state index < -0.39 is 5.97 Å². The lowest BCUT2D eigenvalue weighted by Gasteiger charge is -2.40. The summed E-state index contributed by atoms with van der Waals surface area (Å²) in [5.74, 6) is -0.652. The molecule has 0 radical (unpaired) electrons. The summed E-state index contributed by atoms with van der Waals surface area (Å²) in [6, 6.07) is 1.79. The summed E-state index contributed by atoms with van der Waals surface area (Å²) in [5.41, 5.74) is 0. The van der Waals surface area contributed by atoms with Gasteiger partial charge in [0.25, 0.3) is 0 Å². The van der Waals surface area contributed by atoms with Gasteiger partial charge in [-0.1, -0.05) is 6.42 Å². The Hall–Kier alpha value is -0.610. The van der Waals surface area contributed by atoms with E-state index in [-0.39, 0.29) is 0 Å². The summed E-state index contributed by atoms with van der Waals surface area (Å²) in [4.78, 5) is 16.0. The number of hydrogen-bond donors (Lipinski definition) is 1. The maximum atomic E-state index is 10.8. The fourth-order valence-electron chi connectivity index (χ4n) is 3.61.